The van der Waals surface area contributed by atoms with Gasteiger partial charge in [-0.05, 0) is 68.0 Å². The number of methoxy groups -OCH3 is 1. The molecule has 3 atom stereocenters. The third kappa shape index (κ3) is 7.33. The van der Waals surface area contributed by atoms with Crippen molar-refractivity contribution in [3.8, 4) is 5.75 Å². The van der Waals surface area contributed by atoms with Crippen LogP contribution < -0.4 is 4.74 Å². The lowest BCUT2D eigenvalue weighted by Gasteiger charge is -2.38. The normalized spacial score (nSPS) is 19.0. The molecule has 0 spiro atoms. The Kier molecular flexibility index (Phi) is 9.79. The predicted molar refractivity (Wildman–Crippen MR) is 144 cm³/mol. The van der Waals surface area contributed by atoms with E-state index in [1.54, 1.807) is 25.3 Å². The van der Waals surface area contributed by atoms with Crippen LogP contribution in [0.15, 0.2) is 47.5 Å². The molecule has 10 heteroatoms. The average molecular weight is 567 g/mol. The molecule has 4 rings (SSSR count). The van der Waals surface area contributed by atoms with Crippen LogP contribution in [-0.2, 0) is 4.79 Å². The van der Waals surface area contributed by atoms with Crippen molar-refractivity contribution in [3.63, 3.8) is 0 Å². The van der Waals surface area contributed by atoms with Gasteiger partial charge in [-0.2, -0.15) is 0 Å². The lowest BCUT2D eigenvalue weighted by Crippen LogP contribution is -2.42. The number of aliphatic carboxylic acids is 1. The molecular weight excluding hydrogens is 537 g/mol. The van der Waals surface area contributed by atoms with Gasteiger partial charge in [-0.1, -0.05) is 11.6 Å². The van der Waals surface area contributed by atoms with E-state index in [4.69, 9.17) is 16.3 Å². The molecule has 1 saturated heterocycles. The van der Waals surface area contributed by atoms with Crippen LogP contribution in [0.3, 0.4) is 0 Å². The van der Waals surface area contributed by atoms with Crippen LogP contribution in [0.4, 0.5) is 13.2 Å². The molecule has 0 amide bonds. The van der Waals surface area contributed by atoms with Crippen molar-refractivity contribution in [1.82, 2.24) is 9.88 Å². The van der Waals surface area contributed by atoms with E-state index in [2.05, 4.69) is 9.88 Å². The zero-order chi connectivity index (χ0) is 27.2. The van der Waals surface area contributed by atoms with Gasteiger partial charge in [0.2, 0.25) is 0 Å². The monoisotopic (exact) mass is 566 g/mol. The van der Waals surface area contributed by atoms with Gasteiger partial charge in [0.15, 0.2) is 0 Å². The van der Waals surface area contributed by atoms with Crippen LogP contribution in [0.2, 0.25) is 5.02 Å². The number of carboxylic acids is 1. The maximum atomic E-state index is 15.6. The van der Waals surface area contributed by atoms with Crippen LogP contribution in [0.5, 0.6) is 5.75 Å². The molecule has 0 bridgehead atoms. The van der Waals surface area contributed by atoms with Crippen molar-refractivity contribution in [2.24, 2.45) is 11.8 Å². The number of nitrogens with zero attached hydrogens (tertiary/aromatic N) is 2. The molecule has 1 aliphatic heterocycles. The second-order valence-electron chi connectivity index (χ2n) is 9.61. The Labute approximate surface area is 229 Å². The minimum Gasteiger partial charge on any atom is -0.497 e. The van der Waals surface area contributed by atoms with Crippen LogP contribution in [0.1, 0.15) is 37.4 Å². The summed E-state index contributed by atoms with van der Waals surface area (Å²) >= 11 is 7.73. The summed E-state index contributed by atoms with van der Waals surface area (Å²) in [7, 11) is 1.54. The van der Waals surface area contributed by atoms with Gasteiger partial charge in [-0.3, -0.25) is 9.78 Å². The number of halogens is 4. The summed E-state index contributed by atoms with van der Waals surface area (Å²) < 4.78 is 47.8. The Hall–Kier alpha value is -2.49. The zero-order valence-electron chi connectivity index (χ0n) is 21.0. The molecule has 1 aromatic heterocycles. The van der Waals surface area contributed by atoms with Gasteiger partial charge in [0.1, 0.15) is 23.6 Å². The number of carbonyl (C=O) groups is 1. The van der Waals surface area contributed by atoms with Crippen LogP contribution >= 0.6 is 23.4 Å². The summed E-state index contributed by atoms with van der Waals surface area (Å²) in [4.78, 5) is 18.6. The van der Waals surface area contributed by atoms with Crippen molar-refractivity contribution >= 4 is 40.2 Å². The summed E-state index contributed by atoms with van der Waals surface area (Å²) in [6, 6.07) is 8.71. The van der Waals surface area contributed by atoms with Gasteiger partial charge < -0.3 is 14.7 Å². The number of hydrogen-bond donors (Lipinski definition) is 1. The molecular formula is C28H30ClF3N2O3S. The highest BCUT2D eigenvalue weighted by atomic mass is 35.5. The highest BCUT2D eigenvalue weighted by Crippen LogP contribution is 2.39. The molecule has 1 N–H and O–H groups in total. The number of thioether (sulfide) groups is 1. The van der Waals surface area contributed by atoms with E-state index in [0.717, 1.165) is 19.0 Å². The number of fused-ring (bicyclic) bond motifs is 1. The predicted octanol–water partition coefficient (Wildman–Crippen LogP) is 7.17. The minimum absolute atomic E-state index is 0.0104. The van der Waals surface area contributed by atoms with E-state index in [1.807, 2.05) is 0 Å². The molecule has 3 aromatic rings. The van der Waals surface area contributed by atoms with E-state index < -0.39 is 23.8 Å². The van der Waals surface area contributed by atoms with E-state index >= 15 is 4.39 Å². The summed E-state index contributed by atoms with van der Waals surface area (Å²) in [6.45, 7) is 2.01. The summed E-state index contributed by atoms with van der Waals surface area (Å²) in [5.74, 6) is -0.941. The fourth-order valence-corrected chi connectivity index (χ4v) is 6.46. The Morgan fingerprint density at radius 1 is 1.24 bits per heavy atom. The highest BCUT2D eigenvalue weighted by Gasteiger charge is 2.31. The number of hydrogen-bond acceptors (Lipinski definition) is 5. The number of rotatable bonds is 11. The number of carboxylic acid groups (broad SMARTS) is 1. The molecule has 0 unspecified atom stereocenters. The summed E-state index contributed by atoms with van der Waals surface area (Å²) in [5.41, 5.74) is 1.01. The van der Waals surface area contributed by atoms with Crippen molar-refractivity contribution < 1.29 is 27.8 Å². The van der Waals surface area contributed by atoms with Gasteiger partial charge in [0.05, 0.1) is 17.6 Å². The SMILES string of the molecule is COc1ccc2ncc(Cl)c([C@@H](F)CC[C@@H]3CCN(CCSc4cc(F)cc(F)c4)C[C@H]3CC(=O)O)c2c1. The molecule has 2 aromatic carbocycles. The quantitative estimate of drug-likeness (QED) is 0.248. The highest BCUT2D eigenvalue weighted by molar-refractivity contribution is 7.99. The lowest BCUT2D eigenvalue weighted by atomic mass is 9.79. The number of benzene rings is 2. The van der Waals surface area contributed by atoms with Gasteiger partial charge in [-0.15, -0.1) is 11.8 Å². The van der Waals surface area contributed by atoms with Gasteiger partial charge >= 0.3 is 5.97 Å². The van der Waals surface area contributed by atoms with E-state index in [-0.39, 0.29) is 29.7 Å². The van der Waals surface area contributed by atoms with Gasteiger partial charge in [0, 0.05) is 53.4 Å². The van der Waals surface area contributed by atoms with E-state index in [9.17, 15) is 18.7 Å². The molecule has 38 heavy (non-hydrogen) atoms. The molecule has 0 saturated carbocycles. The average Bonchev–Trinajstić information content (AvgIpc) is 2.86. The Morgan fingerprint density at radius 3 is 2.71 bits per heavy atom. The van der Waals surface area contributed by atoms with Crippen LogP contribution in [-0.4, -0.2) is 53.5 Å². The molecule has 2 heterocycles. The molecule has 5 nitrogen and oxygen atoms in total. The van der Waals surface area contributed by atoms with Gasteiger partial charge in [-0.25, -0.2) is 13.2 Å². The number of ether oxygens (including phenoxy) is 1. The summed E-state index contributed by atoms with van der Waals surface area (Å²) in [6.07, 6.45) is 1.65. The molecule has 0 radical (unpaired) electrons. The van der Waals surface area contributed by atoms with Crippen molar-refractivity contribution in [2.45, 2.75) is 36.8 Å². The van der Waals surface area contributed by atoms with Gasteiger partial charge in [0.25, 0.3) is 0 Å². The van der Waals surface area contributed by atoms with Crippen LogP contribution in [0, 0.1) is 23.5 Å². The Balaban J connectivity index is 1.37. The number of piperidine rings is 1. The first-order valence-electron chi connectivity index (χ1n) is 12.5. The zero-order valence-corrected chi connectivity index (χ0v) is 22.6. The fraction of sp³-hybridized carbons (Fsp3) is 0.429. The third-order valence-electron chi connectivity index (χ3n) is 7.10. The Bertz CT molecular complexity index is 1260. The van der Waals surface area contributed by atoms with E-state index in [0.29, 0.717) is 52.4 Å². The van der Waals surface area contributed by atoms with Crippen molar-refractivity contribution in [1.29, 1.82) is 0 Å². The van der Waals surface area contributed by atoms with Crippen molar-refractivity contribution in [3.05, 3.63) is 64.8 Å². The first-order valence-corrected chi connectivity index (χ1v) is 13.9. The van der Waals surface area contributed by atoms with Crippen LogP contribution in [0.25, 0.3) is 10.9 Å². The number of alkyl halides is 1. The number of likely N-dealkylation sites (tertiary alicyclic amines) is 1. The fourth-order valence-electron chi connectivity index (χ4n) is 5.22. The first-order chi connectivity index (χ1) is 18.2. The lowest BCUT2D eigenvalue weighted by molar-refractivity contribution is -0.139. The molecule has 0 aliphatic carbocycles. The molecule has 1 fully saturated rings. The first kappa shape index (κ1) is 28.5. The molecule has 204 valence electrons. The molecule has 1 aliphatic rings. The minimum atomic E-state index is -1.33. The van der Waals surface area contributed by atoms with Crippen molar-refractivity contribution in [2.75, 3.05) is 32.5 Å². The smallest absolute Gasteiger partial charge is 0.303 e. The second-order valence-corrected chi connectivity index (χ2v) is 11.2. The largest absolute Gasteiger partial charge is 0.497 e. The summed E-state index contributed by atoms with van der Waals surface area (Å²) in [5, 5.41) is 10.4. The number of pyridine rings is 1. The third-order valence-corrected chi connectivity index (χ3v) is 8.35. The topological polar surface area (TPSA) is 62.7 Å². The van der Waals surface area contributed by atoms with E-state index in [1.165, 1.54) is 30.1 Å². The maximum absolute atomic E-state index is 15.6. The second kappa shape index (κ2) is 13.0. The Morgan fingerprint density at radius 2 is 2.00 bits per heavy atom. The standard InChI is InChI=1S/C28H30ClF3N2O3S/c1-37-21-3-5-26-23(14-21)28(24(29)15-33-26)25(32)4-2-17-6-7-34(16-18(17)10-27(35)36)8-9-38-22-12-19(30)11-20(31)13-22/h3,5,11-15,17-18,25H,2,4,6-10,16H2,1H3,(H,35,36)/t17-,18-,25+/m1/s1. The maximum Gasteiger partial charge on any atom is 0.303 e. The number of aromatic nitrogens is 1.